The van der Waals surface area contributed by atoms with Crippen molar-refractivity contribution in [3.8, 4) is 0 Å². The van der Waals surface area contributed by atoms with Gasteiger partial charge in [-0.05, 0) is 48.4 Å². The van der Waals surface area contributed by atoms with E-state index in [1.54, 1.807) is 30.3 Å². The number of nitrogens with one attached hydrogen (secondary N) is 2. The Bertz CT molecular complexity index is 1020. The zero-order chi connectivity index (χ0) is 23.8. The van der Waals surface area contributed by atoms with Crippen LogP contribution in [0.25, 0.3) is 6.08 Å². The molecule has 178 valence electrons. The Kier molecular flexibility index (Phi) is 8.69. The van der Waals surface area contributed by atoms with Gasteiger partial charge in [-0.1, -0.05) is 69.0 Å². The minimum atomic E-state index is -3.51. The minimum Gasteiger partial charge on any atom is -0.445 e. The first-order valence-corrected chi connectivity index (χ1v) is 13.1. The van der Waals surface area contributed by atoms with E-state index in [2.05, 4.69) is 31.1 Å². The first-order chi connectivity index (χ1) is 15.8. The Labute approximate surface area is 197 Å². The molecule has 0 aromatic heterocycles. The molecule has 0 saturated heterocycles. The monoisotopic (exact) mass is 470 g/mol. The standard InChI is InChI=1S/C26H34N2O4S/c1-4-20-10-13-24(14-11-20)33(30,31)18-22-16-23(27-19(2)3)12-15-25(22)28-26(29)32-17-21-8-6-5-7-9-21/h4-11,13-14,19,22-23,25,27H,1,12,15-18H2,2-3H3,(H,28,29)/t22-,23-,25?/m1/s1. The van der Waals surface area contributed by atoms with E-state index in [1.807, 2.05) is 30.3 Å². The summed E-state index contributed by atoms with van der Waals surface area (Å²) in [4.78, 5) is 12.8. The maximum Gasteiger partial charge on any atom is 0.407 e. The van der Waals surface area contributed by atoms with Crippen molar-refractivity contribution in [3.05, 3.63) is 72.3 Å². The summed E-state index contributed by atoms with van der Waals surface area (Å²) in [5, 5.41) is 6.46. The summed E-state index contributed by atoms with van der Waals surface area (Å²) >= 11 is 0. The second-order valence-electron chi connectivity index (χ2n) is 8.96. The molecule has 0 heterocycles. The number of amides is 1. The van der Waals surface area contributed by atoms with E-state index in [4.69, 9.17) is 4.74 Å². The van der Waals surface area contributed by atoms with Crippen molar-refractivity contribution in [1.82, 2.24) is 10.6 Å². The molecule has 1 saturated carbocycles. The van der Waals surface area contributed by atoms with Crippen molar-refractivity contribution in [2.75, 3.05) is 5.75 Å². The summed E-state index contributed by atoms with van der Waals surface area (Å²) < 4.78 is 31.7. The van der Waals surface area contributed by atoms with E-state index in [1.165, 1.54) is 0 Å². The van der Waals surface area contributed by atoms with Crippen LogP contribution in [-0.2, 0) is 21.2 Å². The molecule has 3 rings (SSSR count). The molecule has 0 spiro atoms. The van der Waals surface area contributed by atoms with Crippen LogP contribution in [0.3, 0.4) is 0 Å². The Morgan fingerprint density at radius 3 is 2.45 bits per heavy atom. The smallest absolute Gasteiger partial charge is 0.407 e. The highest BCUT2D eigenvalue weighted by Crippen LogP contribution is 2.29. The van der Waals surface area contributed by atoms with E-state index < -0.39 is 15.9 Å². The molecular weight excluding hydrogens is 436 g/mol. The number of hydrogen-bond acceptors (Lipinski definition) is 5. The fourth-order valence-electron chi connectivity index (χ4n) is 4.37. The lowest BCUT2D eigenvalue weighted by Crippen LogP contribution is -2.50. The van der Waals surface area contributed by atoms with Gasteiger partial charge < -0.3 is 15.4 Å². The van der Waals surface area contributed by atoms with Crippen LogP contribution in [-0.4, -0.2) is 38.4 Å². The summed E-state index contributed by atoms with van der Waals surface area (Å²) in [5.74, 6) is -0.247. The van der Waals surface area contributed by atoms with E-state index in [-0.39, 0.29) is 35.3 Å². The second-order valence-corrected chi connectivity index (χ2v) is 11.0. The topological polar surface area (TPSA) is 84.5 Å². The van der Waals surface area contributed by atoms with Gasteiger partial charge in [0.15, 0.2) is 9.84 Å². The minimum absolute atomic E-state index is 0.0274. The van der Waals surface area contributed by atoms with Gasteiger partial charge in [0, 0.05) is 18.1 Å². The number of carbonyl (C=O) groups excluding carboxylic acids is 1. The maximum atomic E-state index is 13.2. The Morgan fingerprint density at radius 2 is 1.82 bits per heavy atom. The number of hydrogen-bond donors (Lipinski definition) is 2. The summed E-state index contributed by atoms with van der Waals surface area (Å²) in [6.07, 6.45) is 3.40. The normalized spacial score (nSPS) is 20.9. The second kappa shape index (κ2) is 11.5. The van der Waals surface area contributed by atoms with Crippen LogP contribution in [0.2, 0.25) is 0 Å². The van der Waals surface area contributed by atoms with E-state index in [9.17, 15) is 13.2 Å². The van der Waals surface area contributed by atoms with Gasteiger partial charge in [-0.3, -0.25) is 0 Å². The average molecular weight is 471 g/mol. The van der Waals surface area contributed by atoms with E-state index >= 15 is 0 Å². The van der Waals surface area contributed by atoms with Gasteiger partial charge in [-0.2, -0.15) is 0 Å². The Morgan fingerprint density at radius 1 is 1.12 bits per heavy atom. The lowest BCUT2D eigenvalue weighted by Gasteiger charge is -2.37. The number of carbonyl (C=O) groups is 1. The highest BCUT2D eigenvalue weighted by atomic mass is 32.2. The molecule has 1 unspecified atom stereocenters. The predicted molar refractivity (Wildman–Crippen MR) is 132 cm³/mol. The summed E-state index contributed by atoms with van der Waals surface area (Å²) in [5.41, 5.74) is 1.77. The zero-order valence-electron chi connectivity index (χ0n) is 19.4. The molecular formula is C26H34N2O4S. The van der Waals surface area contributed by atoms with Crippen molar-refractivity contribution in [2.24, 2.45) is 5.92 Å². The molecule has 2 N–H and O–H groups in total. The van der Waals surface area contributed by atoms with Crippen molar-refractivity contribution in [2.45, 2.75) is 62.7 Å². The van der Waals surface area contributed by atoms with Crippen LogP contribution < -0.4 is 10.6 Å². The molecule has 3 atom stereocenters. The lowest BCUT2D eigenvalue weighted by atomic mass is 9.82. The van der Waals surface area contributed by atoms with Crippen molar-refractivity contribution < 1.29 is 17.9 Å². The number of rotatable bonds is 9. The van der Waals surface area contributed by atoms with Crippen LogP contribution in [0.1, 0.15) is 44.2 Å². The quantitative estimate of drug-likeness (QED) is 0.561. The van der Waals surface area contributed by atoms with Gasteiger partial charge in [-0.15, -0.1) is 0 Å². The summed E-state index contributed by atoms with van der Waals surface area (Å²) in [6.45, 7) is 8.05. The van der Waals surface area contributed by atoms with Crippen LogP contribution in [0.15, 0.2) is 66.1 Å². The first-order valence-electron chi connectivity index (χ1n) is 11.5. The molecule has 0 aliphatic heterocycles. The van der Waals surface area contributed by atoms with Crippen LogP contribution in [0.5, 0.6) is 0 Å². The van der Waals surface area contributed by atoms with Crippen molar-refractivity contribution in [3.63, 3.8) is 0 Å². The number of alkyl carbamates (subject to hydrolysis) is 1. The van der Waals surface area contributed by atoms with Crippen LogP contribution in [0, 0.1) is 5.92 Å². The predicted octanol–water partition coefficient (Wildman–Crippen LogP) is 4.57. The van der Waals surface area contributed by atoms with E-state index in [0.717, 1.165) is 17.5 Å². The lowest BCUT2D eigenvalue weighted by molar-refractivity contribution is 0.125. The molecule has 0 bridgehead atoms. The van der Waals surface area contributed by atoms with Gasteiger partial charge >= 0.3 is 6.09 Å². The summed E-state index contributed by atoms with van der Waals surface area (Å²) in [6, 6.07) is 16.5. The molecule has 6 nitrogen and oxygen atoms in total. The van der Waals surface area contributed by atoms with Crippen LogP contribution >= 0.6 is 0 Å². The Hall–Kier alpha value is -2.64. The van der Waals surface area contributed by atoms with Crippen LogP contribution in [0.4, 0.5) is 4.79 Å². The molecule has 1 aliphatic carbocycles. The number of sulfone groups is 1. The first kappa shape index (κ1) is 25.0. The fraction of sp³-hybridized carbons (Fsp3) is 0.423. The van der Waals surface area contributed by atoms with Gasteiger partial charge in [-0.25, -0.2) is 13.2 Å². The zero-order valence-corrected chi connectivity index (χ0v) is 20.2. The SMILES string of the molecule is C=Cc1ccc(S(=O)(=O)C[C@H]2C[C@H](NC(C)C)CCC2NC(=O)OCc2ccccc2)cc1. The third-order valence-corrected chi connectivity index (χ3v) is 7.83. The number of benzene rings is 2. The van der Waals surface area contributed by atoms with E-state index in [0.29, 0.717) is 18.9 Å². The van der Waals surface area contributed by atoms with Gasteiger partial charge in [0.2, 0.25) is 0 Å². The third kappa shape index (κ3) is 7.44. The molecule has 2 aromatic rings. The van der Waals surface area contributed by atoms with Gasteiger partial charge in [0.05, 0.1) is 10.6 Å². The molecule has 33 heavy (non-hydrogen) atoms. The molecule has 1 amide bonds. The maximum absolute atomic E-state index is 13.2. The molecule has 1 fully saturated rings. The highest BCUT2D eigenvalue weighted by molar-refractivity contribution is 7.91. The van der Waals surface area contributed by atoms with Crippen molar-refractivity contribution >= 4 is 22.0 Å². The van der Waals surface area contributed by atoms with Gasteiger partial charge in [0.1, 0.15) is 6.61 Å². The number of ether oxygens (including phenoxy) is 1. The van der Waals surface area contributed by atoms with Crippen molar-refractivity contribution in [1.29, 1.82) is 0 Å². The average Bonchev–Trinajstić information content (AvgIpc) is 2.79. The summed E-state index contributed by atoms with van der Waals surface area (Å²) in [7, 11) is -3.51. The van der Waals surface area contributed by atoms with Gasteiger partial charge in [0.25, 0.3) is 0 Å². The third-order valence-electron chi connectivity index (χ3n) is 5.98. The molecule has 2 aromatic carbocycles. The largest absolute Gasteiger partial charge is 0.445 e. The Balaban J connectivity index is 1.69. The highest BCUT2D eigenvalue weighted by Gasteiger charge is 2.35. The molecule has 0 radical (unpaired) electrons. The molecule has 1 aliphatic rings. The fourth-order valence-corrected chi connectivity index (χ4v) is 6.04. The molecule has 7 heteroatoms.